The largest absolute Gasteiger partial charge is 0.485 e. The molecule has 1 N–H and O–H groups in total. The summed E-state index contributed by atoms with van der Waals surface area (Å²) in [4.78, 5) is 54.9. The zero-order valence-corrected chi connectivity index (χ0v) is 19.9. The number of piperazine rings is 1. The van der Waals surface area contributed by atoms with Crippen molar-refractivity contribution in [2.24, 2.45) is 0 Å². The third-order valence-corrected chi connectivity index (χ3v) is 6.64. The fourth-order valence-corrected chi connectivity index (χ4v) is 4.60. The second kappa shape index (κ2) is 10.3. The van der Waals surface area contributed by atoms with Crippen LogP contribution in [0.2, 0.25) is 0 Å². The second-order valence-electron chi connectivity index (χ2n) is 8.95. The maximum Gasteiger partial charge on any atom is 0.267 e. The van der Waals surface area contributed by atoms with Gasteiger partial charge in [0.15, 0.2) is 11.5 Å². The van der Waals surface area contributed by atoms with Crippen LogP contribution in [0, 0.1) is 0 Å². The summed E-state index contributed by atoms with van der Waals surface area (Å²) in [6.45, 7) is 2.23. The summed E-state index contributed by atoms with van der Waals surface area (Å²) in [7, 11) is 0. The molecule has 1 atom stereocenters. The quantitative estimate of drug-likeness (QED) is 0.669. The average Bonchev–Trinajstić information content (AvgIpc) is 3.36. The second-order valence-corrected chi connectivity index (χ2v) is 8.95. The predicted molar refractivity (Wildman–Crippen MR) is 130 cm³/mol. The summed E-state index contributed by atoms with van der Waals surface area (Å²) in [5.74, 6) is 0.531. The number of nitrogens with zero attached hydrogens (tertiary/aromatic N) is 3. The van der Waals surface area contributed by atoms with Crippen molar-refractivity contribution in [1.82, 2.24) is 15.1 Å². The minimum Gasteiger partial charge on any atom is -0.485 e. The molecule has 10 nitrogen and oxygen atoms in total. The topological polar surface area (TPSA) is 108 Å². The maximum absolute atomic E-state index is 12.9. The maximum atomic E-state index is 12.9. The van der Waals surface area contributed by atoms with Crippen LogP contribution in [0.3, 0.4) is 0 Å². The molecule has 188 valence electrons. The summed E-state index contributed by atoms with van der Waals surface area (Å²) in [5, 5.41) is 2.66. The number of nitrogens with one attached hydrogen (secondary N) is 1. The van der Waals surface area contributed by atoms with Crippen LogP contribution in [0.1, 0.15) is 23.2 Å². The van der Waals surface area contributed by atoms with E-state index < -0.39 is 6.10 Å². The Labute approximate surface area is 208 Å². The summed E-state index contributed by atoms with van der Waals surface area (Å²) in [6.07, 6.45) is 0.670. The number of para-hydroxylation sites is 2. The van der Waals surface area contributed by atoms with Gasteiger partial charge in [-0.15, -0.1) is 0 Å². The number of anilines is 1. The van der Waals surface area contributed by atoms with Crippen molar-refractivity contribution in [2.75, 3.05) is 50.8 Å². The van der Waals surface area contributed by atoms with E-state index in [2.05, 4.69) is 5.32 Å². The van der Waals surface area contributed by atoms with Crippen molar-refractivity contribution in [3.63, 3.8) is 0 Å². The average molecular weight is 493 g/mol. The Kier molecular flexibility index (Phi) is 6.75. The Morgan fingerprint density at radius 3 is 2.28 bits per heavy atom. The van der Waals surface area contributed by atoms with Crippen molar-refractivity contribution in [3.05, 3.63) is 54.1 Å². The Morgan fingerprint density at radius 2 is 1.58 bits per heavy atom. The first kappa shape index (κ1) is 23.7. The van der Waals surface area contributed by atoms with Crippen LogP contribution in [-0.2, 0) is 14.4 Å². The molecule has 0 aliphatic carbocycles. The molecular formula is C26H28N4O6. The third-order valence-electron chi connectivity index (χ3n) is 6.64. The molecular weight excluding hydrogens is 464 g/mol. The van der Waals surface area contributed by atoms with Crippen LogP contribution in [0.5, 0.6) is 11.5 Å². The van der Waals surface area contributed by atoms with E-state index >= 15 is 0 Å². The summed E-state index contributed by atoms with van der Waals surface area (Å²) in [6, 6.07) is 14.0. The van der Waals surface area contributed by atoms with Gasteiger partial charge in [0.05, 0.1) is 6.54 Å². The zero-order chi connectivity index (χ0) is 25.1. The van der Waals surface area contributed by atoms with Gasteiger partial charge in [-0.25, -0.2) is 0 Å². The van der Waals surface area contributed by atoms with Gasteiger partial charge in [-0.05, 0) is 42.8 Å². The smallest absolute Gasteiger partial charge is 0.267 e. The van der Waals surface area contributed by atoms with Crippen LogP contribution < -0.4 is 19.7 Å². The minimum absolute atomic E-state index is 0.0875. The Balaban J connectivity index is 1.07. The molecule has 36 heavy (non-hydrogen) atoms. The van der Waals surface area contributed by atoms with E-state index in [1.807, 2.05) is 12.1 Å². The van der Waals surface area contributed by atoms with Crippen molar-refractivity contribution in [3.8, 4) is 11.5 Å². The van der Waals surface area contributed by atoms with Crippen LogP contribution in [0.25, 0.3) is 0 Å². The normalized spacial score (nSPS) is 19.3. The molecule has 0 saturated carbocycles. The highest BCUT2D eigenvalue weighted by Crippen LogP contribution is 2.31. The van der Waals surface area contributed by atoms with Gasteiger partial charge in [-0.2, -0.15) is 0 Å². The van der Waals surface area contributed by atoms with E-state index in [0.717, 1.165) is 12.1 Å². The molecule has 3 aliphatic heterocycles. The fourth-order valence-electron chi connectivity index (χ4n) is 4.60. The lowest BCUT2D eigenvalue weighted by Gasteiger charge is -2.37. The van der Waals surface area contributed by atoms with E-state index in [4.69, 9.17) is 9.47 Å². The van der Waals surface area contributed by atoms with Gasteiger partial charge in [0.1, 0.15) is 6.61 Å². The number of hydrogen-bond donors (Lipinski definition) is 1. The van der Waals surface area contributed by atoms with E-state index in [1.54, 1.807) is 51.1 Å². The first-order valence-electron chi connectivity index (χ1n) is 12.1. The Bertz CT molecular complexity index is 1160. The van der Waals surface area contributed by atoms with E-state index in [-0.39, 0.29) is 36.8 Å². The molecule has 0 bridgehead atoms. The fraction of sp³-hybridized carbons (Fsp3) is 0.385. The number of hydrogen-bond acceptors (Lipinski definition) is 6. The minimum atomic E-state index is -0.712. The molecule has 2 saturated heterocycles. The van der Waals surface area contributed by atoms with Gasteiger partial charge < -0.3 is 29.5 Å². The van der Waals surface area contributed by atoms with Crippen LogP contribution >= 0.6 is 0 Å². The summed E-state index contributed by atoms with van der Waals surface area (Å²) >= 11 is 0. The molecule has 2 aromatic rings. The van der Waals surface area contributed by atoms with Gasteiger partial charge >= 0.3 is 0 Å². The zero-order valence-electron chi connectivity index (χ0n) is 19.9. The monoisotopic (exact) mass is 492 g/mol. The Morgan fingerprint density at radius 1 is 0.889 bits per heavy atom. The van der Waals surface area contributed by atoms with Crippen molar-refractivity contribution < 1.29 is 28.7 Å². The molecule has 0 unspecified atom stereocenters. The highest BCUT2D eigenvalue weighted by Gasteiger charge is 2.33. The van der Waals surface area contributed by atoms with Crippen LogP contribution in [0.4, 0.5) is 5.69 Å². The van der Waals surface area contributed by atoms with Gasteiger partial charge in [-0.3, -0.25) is 19.2 Å². The molecule has 5 rings (SSSR count). The van der Waals surface area contributed by atoms with Gasteiger partial charge in [0, 0.05) is 50.4 Å². The highest BCUT2D eigenvalue weighted by atomic mass is 16.6. The summed E-state index contributed by atoms with van der Waals surface area (Å²) in [5.41, 5.74) is 1.19. The number of amides is 4. The lowest BCUT2D eigenvalue weighted by Crippen LogP contribution is -2.56. The molecule has 0 spiro atoms. The molecule has 4 amide bonds. The standard InChI is InChI=1S/C26H28N4O6/c31-23-6-3-11-30(23)19-9-7-18(8-10-19)25(33)27-16-24(32)28-12-14-29(15-13-28)26(34)22-17-35-20-4-1-2-5-21(20)36-22/h1-2,4-5,7-10,22H,3,6,11-17H2,(H,27,33)/t22-/m0/s1. The lowest BCUT2D eigenvalue weighted by molar-refractivity contribution is -0.146. The third kappa shape index (κ3) is 4.98. The number of benzene rings is 2. The first-order valence-corrected chi connectivity index (χ1v) is 12.1. The molecule has 2 aromatic carbocycles. The molecule has 3 heterocycles. The van der Waals surface area contributed by atoms with Crippen LogP contribution in [-0.4, -0.2) is 85.4 Å². The van der Waals surface area contributed by atoms with E-state index in [9.17, 15) is 19.2 Å². The van der Waals surface area contributed by atoms with Crippen LogP contribution in [0.15, 0.2) is 48.5 Å². The SMILES string of the molecule is O=C(NCC(=O)N1CCN(C(=O)[C@@H]2COc3ccccc3O2)CC1)c1ccc(N2CCCC2=O)cc1. The molecule has 10 heteroatoms. The number of rotatable bonds is 5. The Hall–Kier alpha value is -4.08. The lowest BCUT2D eigenvalue weighted by atomic mass is 10.2. The van der Waals surface area contributed by atoms with E-state index in [1.165, 1.54) is 0 Å². The first-order chi connectivity index (χ1) is 17.5. The van der Waals surface area contributed by atoms with Gasteiger partial charge in [0.25, 0.3) is 11.8 Å². The van der Waals surface area contributed by atoms with Crippen molar-refractivity contribution in [1.29, 1.82) is 0 Å². The predicted octanol–water partition coefficient (Wildman–Crippen LogP) is 1.05. The van der Waals surface area contributed by atoms with Gasteiger partial charge in [-0.1, -0.05) is 12.1 Å². The number of carbonyl (C=O) groups excluding carboxylic acids is 4. The molecule has 3 aliphatic rings. The highest BCUT2D eigenvalue weighted by molar-refractivity contribution is 5.98. The van der Waals surface area contributed by atoms with Crippen molar-refractivity contribution in [2.45, 2.75) is 18.9 Å². The number of fused-ring (bicyclic) bond motifs is 1. The summed E-state index contributed by atoms with van der Waals surface area (Å²) < 4.78 is 11.4. The number of carbonyl (C=O) groups is 4. The van der Waals surface area contributed by atoms with Gasteiger partial charge in [0.2, 0.25) is 17.9 Å². The molecule has 0 radical (unpaired) electrons. The molecule has 0 aromatic heterocycles. The van der Waals surface area contributed by atoms with Crippen molar-refractivity contribution >= 4 is 29.3 Å². The van der Waals surface area contributed by atoms with E-state index in [0.29, 0.717) is 56.2 Å². The molecule has 2 fully saturated rings. The number of ether oxygens (including phenoxy) is 2.